The van der Waals surface area contributed by atoms with E-state index in [1.807, 2.05) is 35.0 Å². The zero-order valence-electron chi connectivity index (χ0n) is 11.4. The number of thiophene rings is 1. The minimum Gasteiger partial charge on any atom is -0.492 e. The van der Waals surface area contributed by atoms with Crippen LogP contribution < -0.4 is 15.4 Å². The number of fused-ring (bicyclic) bond motifs is 1. The van der Waals surface area contributed by atoms with Gasteiger partial charge in [0.1, 0.15) is 12.4 Å². The Kier molecular flexibility index (Phi) is 5.61. The third-order valence-electron chi connectivity index (χ3n) is 3.14. The molecule has 2 heterocycles. The highest BCUT2D eigenvalue weighted by molar-refractivity contribution is 7.08. The molecule has 0 spiro atoms. The Morgan fingerprint density at radius 2 is 2.29 bits per heavy atom. The Morgan fingerprint density at radius 1 is 1.38 bits per heavy atom. The molecule has 0 radical (unpaired) electrons. The van der Waals surface area contributed by atoms with E-state index in [-0.39, 0.29) is 18.3 Å². The highest BCUT2D eigenvalue weighted by Crippen LogP contribution is 2.24. The van der Waals surface area contributed by atoms with Crippen molar-refractivity contribution in [3.63, 3.8) is 0 Å². The molecule has 2 aromatic rings. The summed E-state index contributed by atoms with van der Waals surface area (Å²) in [6, 6.07) is 7.75. The van der Waals surface area contributed by atoms with Gasteiger partial charge in [-0.15, -0.1) is 12.4 Å². The molecular weight excluding hydrogens is 308 g/mol. The predicted molar refractivity (Wildman–Crippen MR) is 87.5 cm³/mol. The van der Waals surface area contributed by atoms with E-state index >= 15 is 0 Å². The summed E-state index contributed by atoms with van der Waals surface area (Å²) in [4.78, 5) is 12.0. The second kappa shape index (κ2) is 7.45. The van der Waals surface area contributed by atoms with Crippen LogP contribution in [0.15, 0.2) is 35.0 Å². The second-order valence-corrected chi connectivity index (χ2v) is 5.48. The Labute approximate surface area is 133 Å². The fourth-order valence-corrected chi connectivity index (χ4v) is 2.84. The lowest BCUT2D eigenvalue weighted by molar-refractivity contribution is -0.115. The fraction of sp³-hybridized carbons (Fsp3) is 0.267. The molecule has 21 heavy (non-hydrogen) atoms. The van der Waals surface area contributed by atoms with Crippen molar-refractivity contribution in [3.05, 3.63) is 46.2 Å². The number of hydrogen-bond donors (Lipinski definition) is 2. The van der Waals surface area contributed by atoms with Gasteiger partial charge in [0.2, 0.25) is 5.91 Å². The molecule has 1 amide bonds. The summed E-state index contributed by atoms with van der Waals surface area (Å²) in [6.45, 7) is 2.29. The molecule has 0 saturated heterocycles. The van der Waals surface area contributed by atoms with Crippen LogP contribution in [0.4, 0.5) is 5.69 Å². The van der Waals surface area contributed by atoms with Crippen LogP contribution >= 0.6 is 23.7 Å². The lowest BCUT2D eigenvalue weighted by Crippen LogP contribution is -2.16. The number of nitrogens with one attached hydrogen (secondary N) is 2. The molecule has 112 valence electrons. The summed E-state index contributed by atoms with van der Waals surface area (Å²) in [5, 5.41) is 10.2. The molecule has 2 N–H and O–H groups in total. The molecule has 3 rings (SSSR count). The Balaban J connectivity index is 0.00000161. The molecule has 1 aliphatic heterocycles. The van der Waals surface area contributed by atoms with Crippen LogP contribution in [0.25, 0.3) is 0 Å². The summed E-state index contributed by atoms with van der Waals surface area (Å²) >= 11 is 1.60. The lowest BCUT2D eigenvalue weighted by Gasteiger charge is -2.10. The fourth-order valence-electron chi connectivity index (χ4n) is 2.18. The zero-order chi connectivity index (χ0) is 13.8. The predicted octanol–water partition coefficient (Wildman–Crippen LogP) is 2.83. The zero-order valence-corrected chi connectivity index (χ0v) is 13.1. The van der Waals surface area contributed by atoms with Gasteiger partial charge in [0.15, 0.2) is 0 Å². The van der Waals surface area contributed by atoms with Crippen LogP contribution in [-0.2, 0) is 17.8 Å². The smallest absolute Gasteiger partial charge is 0.228 e. The van der Waals surface area contributed by atoms with E-state index in [9.17, 15) is 4.79 Å². The van der Waals surface area contributed by atoms with Gasteiger partial charge in [-0.3, -0.25) is 4.79 Å². The van der Waals surface area contributed by atoms with E-state index in [2.05, 4.69) is 10.6 Å². The van der Waals surface area contributed by atoms with Crippen LogP contribution in [0.3, 0.4) is 0 Å². The summed E-state index contributed by atoms with van der Waals surface area (Å²) in [6.07, 6.45) is 0.412. The number of rotatable bonds is 3. The van der Waals surface area contributed by atoms with Crippen molar-refractivity contribution < 1.29 is 9.53 Å². The summed E-state index contributed by atoms with van der Waals surface area (Å²) in [5.74, 6) is 0.900. The molecule has 0 saturated carbocycles. The van der Waals surface area contributed by atoms with Crippen molar-refractivity contribution in [1.29, 1.82) is 0 Å². The lowest BCUT2D eigenvalue weighted by atomic mass is 10.1. The van der Waals surface area contributed by atoms with Gasteiger partial charge in [-0.2, -0.15) is 11.3 Å². The molecule has 1 aromatic heterocycles. The van der Waals surface area contributed by atoms with Gasteiger partial charge in [0.05, 0.1) is 6.42 Å². The van der Waals surface area contributed by atoms with Crippen LogP contribution in [0.5, 0.6) is 5.75 Å². The molecular formula is C15H17ClN2O2S. The van der Waals surface area contributed by atoms with Crippen LogP contribution in [0.2, 0.25) is 0 Å². The maximum absolute atomic E-state index is 12.0. The number of carbonyl (C=O) groups excluding carboxylic acids is 1. The number of hydrogen-bond acceptors (Lipinski definition) is 4. The molecule has 1 aromatic carbocycles. The van der Waals surface area contributed by atoms with E-state index < -0.39 is 0 Å². The first-order valence-electron chi connectivity index (χ1n) is 6.58. The highest BCUT2D eigenvalue weighted by atomic mass is 35.5. The minimum atomic E-state index is 0. The van der Waals surface area contributed by atoms with Crippen molar-refractivity contribution >= 4 is 35.3 Å². The first-order chi connectivity index (χ1) is 9.81. The van der Waals surface area contributed by atoms with Crippen LogP contribution in [0, 0.1) is 0 Å². The van der Waals surface area contributed by atoms with Gasteiger partial charge in [-0.1, -0.05) is 0 Å². The molecule has 0 bridgehead atoms. The van der Waals surface area contributed by atoms with Crippen LogP contribution in [-0.4, -0.2) is 19.1 Å². The Hall–Kier alpha value is -1.56. The van der Waals surface area contributed by atoms with Crippen molar-refractivity contribution in [1.82, 2.24) is 5.32 Å². The first kappa shape index (κ1) is 15.8. The second-order valence-electron chi connectivity index (χ2n) is 4.70. The molecule has 0 atom stereocenters. The summed E-state index contributed by atoms with van der Waals surface area (Å²) in [5.41, 5.74) is 2.94. The Morgan fingerprint density at radius 3 is 3.10 bits per heavy atom. The molecule has 4 nitrogen and oxygen atoms in total. The summed E-state index contributed by atoms with van der Waals surface area (Å²) in [7, 11) is 0. The van der Waals surface area contributed by atoms with Gasteiger partial charge in [-0.25, -0.2) is 0 Å². The average Bonchev–Trinajstić information content (AvgIpc) is 2.82. The maximum atomic E-state index is 12.0. The molecule has 0 unspecified atom stereocenters. The third-order valence-corrected chi connectivity index (χ3v) is 3.87. The Bertz CT molecular complexity index is 602. The molecule has 0 aliphatic carbocycles. The van der Waals surface area contributed by atoms with Gasteiger partial charge in [-0.05, 0) is 40.6 Å². The van der Waals surface area contributed by atoms with Gasteiger partial charge >= 0.3 is 0 Å². The largest absolute Gasteiger partial charge is 0.492 e. The van der Waals surface area contributed by atoms with E-state index in [4.69, 9.17) is 4.74 Å². The van der Waals surface area contributed by atoms with E-state index in [1.165, 1.54) is 0 Å². The first-order valence-corrected chi connectivity index (χ1v) is 7.53. The van der Waals surface area contributed by atoms with Crippen molar-refractivity contribution in [2.45, 2.75) is 13.0 Å². The highest BCUT2D eigenvalue weighted by Gasteiger charge is 2.10. The number of carbonyl (C=O) groups is 1. The number of anilines is 1. The van der Waals surface area contributed by atoms with Crippen molar-refractivity contribution in [2.24, 2.45) is 0 Å². The van der Waals surface area contributed by atoms with Crippen molar-refractivity contribution in [3.8, 4) is 5.75 Å². The number of halogens is 1. The van der Waals surface area contributed by atoms with Gasteiger partial charge < -0.3 is 15.4 Å². The van der Waals surface area contributed by atoms with Gasteiger partial charge in [0, 0.05) is 24.3 Å². The molecule has 6 heteroatoms. The van der Waals surface area contributed by atoms with E-state index in [1.54, 1.807) is 11.3 Å². The number of benzene rings is 1. The van der Waals surface area contributed by atoms with Gasteiger partial charge in [0.25, 0.3) is 0 Å². The number of ether oxygens (including phenoxy) is 1. The average molecular weight is 325 g/mol. The standard InChI is InChI=1S/C15H16N2O2S.ClH/c18-15(7-11-3-6-20-10-11)17-13-1-2-14-12(8-13)9-16-4-5-19-14;/h1-3,6,8,10,16H,4-5,7,9H2,(H,17,18);1H. The summed E-state index contributed by atoms with van der Waals surface area (Å²) < 4.78 is 5.62. The van der Waals surface area contributed by atoms with E-state index in [0.29, 0.717) is 13.0 Å². The molecule has 0 fully saturated rings. The monoisotopic (exact) mass is 324 g/mol. The van der Waals surface area contributed by atoms with E-state index in [0.717, 1.165) is 35.7 Å². The van der Waals surface area contributed by atoms with Crippen LogP contribution in [0.1, 0.15) is 11.1 Å². The topological polar surface area (TPSA) is 50.4 Å². The number of amides is 1. The third kappa shape index (κ3) is 4.20. The maximum Gasteiger partial charge on any atom is 0.228 e. The molecule has 1 aliphatic rings. The SMILES string of the molecule is Cl.O=C(Cc1ccsc1)Nc1ccc2c(c1)CNCCO2. The normalized spacial score (nSPS) is 13.3. The quantitative estimate of drug-likeness (QED) is 0.912. The minimum absolute atomic E-state index is 0. The van der Waals surface area contributed by atoms with Crippen molar-refractivity contribution in [2.75, 3.05) is 18.5 Å².